The van der Waals surface area contributed by atoms with Crippen LogP contribution >= 0.6 is 0 Å². The van der Waals surface area contributed by atoms with Gasteiger partial charge in [-0.25, -0.2) is 14.4 Å². The number of rotatable bonds is 8. The molecule has 1 atom stereocenters. The molecular formula is C29H25FN6O3. The molecule has 1 unspecified atom stereocenters. The highest BCUT2D eigenvalue weighted by Gasteiger charge is 2.29. The summed E-state index contributed by atoms with van der Waals surface area (Å²) in [5, 5.41) is 12.8. The maximum absolute atomic E-state index is 15.1. The molecule has 2 aromatic heterocycles. The molecule has 9 nitrogen and oxygen atoms in total. The maximum atomic E-state index is 15.1. The van der Waals surface area contributed by atoms with Gasteiger partial charge in [0.15, 0.2) is 5.78 Å². The average Bonchev–Trinajstić information content (AvgIpc) is 3.41. The predicted octanol–water partition coefficient (Wildman–Crippen LogP) is 4.99. The summed E-state index contributed by atoms with van der Waals surface area (Å²) in [6.45, 7) is 4.43. The van der Waals surface area contributed by atoms with E-state index in [0.717, 1.165) is 19.3 Å². The van der Waals surface area contributed by atoms with E-state index in [1.165, 1.54) is 30.7 Å². The molecule has 5 rings (SSSR count). The Bertz CT molecular complexity index is 1590. The normalized spacial score (nSPS) is 15.0. The van der Waals surface area contributed by atoms with Crippen molar-refractivity contribution in [3.63, 3.8) is 0 Å². The van der Waals surface area contributed by atoms with Crippen LogP contribution in [0.5, 0.6) is 11.5 Å². The summed E-state index contributed by atoms with van der Waals surface area (Å²) < 4.78 is 20.7. The Morgan fingerprint density at radius 1 is 1.15 bits per heavy atom. The number of likely N-dealkylation sites (tertiary alicyclic amines) is 1. The van der Waals surface area contributed by atoms with E-state index in [-0.39, 0.29) is 34.4 Å². The van der Waals surface area contributed by atoms with Crippen molar-refractivity contribution in [2.45, 2.75) is 25.3 Å². The molecule has 0 radical (unpaired) electrons. The zero-order valence-electron chi connectivity index (χ0n) is 21.0. The van der Waals surface area contributed by atoms with Crippen molar-refractivity contribution in [3.8, 4) is 17.6 Å². The number of fused-ring (bicyclic) bond motifs is 1. The first-order valence-electron chi connectivity index (χ1n) is 12.5. The van der Waals surface area contributed by atoms with Gasteiger partial charge in [-0.2, -0.15) is 5.26 Å². The van der Waals surface area contributed by atoms with Crippen LogP contribution in [0.2, 0.25) is 0 Å². The van der Waals surface area contributed by atoms with Crippen LogP contribution in [-0.2, 0) is 4.79 Å². The van der Waals surface area contributed by atoms with E-state index in [1.54, 1.807) is 29.2 Å². The molecular weight excluding hydrogens is 499 g/mol. The number of anilines is 1. The van der Waals surface area contributed by atoms with Crippen LogP contribution in [0.15, 0.2) is 73.2 Å². The van der Waals surface area contributed by atoms with E-state index >= 15 is 4.39 Å². The van der Waals surface area contributed by atoms with Gasteiger partial charge >= 0.3 is 0 Å². The number of ether oxygens (including phenoxy) is 1. The average molecular weight is 525 g/mol. The third-order valence-corrected chi connectivity index (χ3v) is 6.66. The zero-order valence-corrected chi connectivity index (χ0v) is 21.0. The van der Waals surface area contributed by atoms with Crippen molar-refractivity contribution < 1.29 is 18.7 Å². The number of nitrogens with one attached hydrogen (secondary N) is 2. The SMILES string of the molecule is C=C(C#N)C(=O)N1CCCCC1CNc1ncnc2[nH]cc(C(=O)c3ccc(Oc4ccccc4)cc3F)c12. The second-order valence-corrected chi connectivity index (χ2v) is 9.15. The molecule has 4 aromatic rings. The highest BCUT2D eigenvalue weighted by Crippen LogP contribution is 2.29. The van der Waals surface area contributed by atoms with Crippen molar-refractivity contribution in [1.29, 1.82) is 5.26 Å². The van der Waals surface area contributed by atoms with Gasteiger partial charge in [-0.05, 0) is 43.5 Å². The summed E-state index contributed by atoms with van der Waals surface area (Å²) in [5.74, 6) is -0.442. The topological polar surface area (TPSA) is 124 Å². The number of benzene rings is 2. The fourth-order valence-corrected chi connectivity index (χ4v) is 4.70. The summed E-state index contributed by atoms with van der Waals surface area (Å²) in [7, 11) is 0. The van der Waals surface area contributed by atoms with Crippen molar-refractivity contribution in [1.82, 2.24) is 19.9 Å². The van der Waals surface area contributed by atoms with Crippen molar-refractivity contribution in [3.05, 3.63) is 90.2 Å². The number of halogens is 1. The quantitative estimate of drug-likeness (QED) is 0.189. The molecule has 39 heavy (non-hydrogen) atoms. The van der Waals surface area contributed by atoms with Gasteiger partial charge < -0.3 is 19.9 Å². The number of nitriles is 1. The standard InChI is InChI=1S/C29H25FN6O3/c1-18(14-31)29(38)36-12-6-5-7-19(36)15-32-27-25-23(16-33-28(25)35-17-34-27)26(37)22-11-10-21(13-24(22)30)39-20-8-3-2-4-9-20/h2-4,8-11,13,16-17,19H,1,5-7,12,15H2,(H2,32,33,34,35). The number of piperidine rings is 1. The van der Waals surface area contributed by atoms with Gasteiger partial charge in [0.25, 0.3) is 5.91 Å². The molecule has 0 spiro atoms. The number of nitrogens with zero attached hydrogens (tertiary/aromatic N) is 4. The van der Waals surface area contributed by atoms with Crippen molar-refractivity contribution >= 4 is 28.5 Å². The van der Waals surface area contributed by atoms with Gasteiger partial charge in [0.05, 0.1) is 16.5 Å². The van der Waals surface area contributed by atoms with Gasteiger partial charge in [0.1, 0.15) is 46.8 Å². The Labute approximate surface area is 223 Å². The Hall–Kier alpha value is -5.04. The maximum Gasteiger partial charge on any atom is 0.264 e. The summed E-state index contributed by atoms with van der Waals surface area (Å²) >= 11 is 0. The predicted molar refractivity (Wildman–Crippen MR) is 143 cm³/mol. The van der Waals surface area contributed by atoms with Crippen LogP contribution in [0.3, 0.4) is 0 Å². The minimum absolute atomic E-state index is 0.105. The smallest absolute Gasteiger partial charge is 0.264 e. The molecule has 1 saturated heterocycles. The Morgan fingerprint density at radius 2 is 1.97 bits per heavy atom. The second kappa shape index (κ2) is 11.1. The highest BCUT2D eigenvalue weighted by atomic mass is 19.1. The molecule has 2 aromatic carbocycles. The number of amides is 1. The van der Waals surface area contributed by atoms with Gasteiger partial charge in [0.2, 0.25) is 0 Å². The fourth-order valence-electron chi connectivity index (χ4n) is 4.70. The molecule has 196 valence electrons. The molecule has 0 aliphatic carbocycles. The summed E-state index contributed by atoms with van der Waals surface area (Å²) in [6.07, 6.45) is 5.36. The van der Waals surface area contributed by atoms with E-state index in [4.69, 9.17) is 10.00 Å². The van der Waals surface area contributed by atoms with Crippen LogP contribution in [0.25, 0.3) is 11.0 Å². The second-order valence-electron chi connectivity index (χ2n) is 9.15. The first-order chi connectivity index (χ1) is 19.0. The van der Waals surface area contributed by atoms with Crippen molar-refractivity contribution in [2.24, 2.45) is 0 Å². The fraction of sp³-hybridized carbons (Fsp3) is 0.207. The molecule has 3 heterocycles. The number of carbonyl (C=O) groups excluding carboxylic acids is 2. The number of ketones is 1. The number of H-pyrrole nitrogens is 1. The minimum atomic E-state index is -0.719. The number of hydrogen-bond acceptors (Lipinski definition) is 7. The van der Waals surface area contributed by atoms with Gasteiger partial charge in [-0.3, -0.25) is 9.59 Å². The van der Waals surface area contributed by atoms with Gasteiger partial charge in [0, 0.05) is 31.4 Å². The van der Waals surface area contributed by atoms with Crippen LogP contribution in [0.1, 0.15) is 35.2 Å². The van der Waals surface area contributed by atoms with Crippen LogP contribution in [-0.4, -0.2) is 50.7 Å². The van der Waals surface area contributed by atoms with Crippen LogP contribution in [0.4, 0.5) is 10.2 Å². The third-order valence-electron chi connectivity index (χ3n) is 6.66. The minimum Gasteiger partial charge on any atom is -0.457 e. The van der Waals surface area contributed by atoms with E-state index in [9.17, 15) is 9.59 Å². The number of aromatic nitrogens is 3. The number of carbonyl (C=O) groups is 2. The van der Waals surface area contributed by atoms with Gasteiger partial charge in [-0.1, -0.05) is 24.8 Å². The van der Waals surface area contributed by atoms with E-state index in [1.807, 2.05) is 12.1 Å². The summed E-state index contributed by atoms with van der Waals surface area (Å²) in [5.41, 5.74) is 0.394. The molecule has 1 aliphatic heterocycles. The Balaban J connectivity index is 1.38. The first kappa shape index (κ1) is 25.6. The van der Waals surface area contributed by atoms with E-state index in [2.05, 4.69) is 26.8 Å². The van der Waals surface area contributed by atoms with Crippen LogP contribution in [0, 0.1) is 17.1 Å². The monoisotopic (exact) mass is 524 g/mol. The summed E-state index contributed by atoms with van der Waals surface area (Å²) in [4.78, 5) is 39.2. The van der Waals surface area contributed by atoms with Crippen molar-refractivity contribution in [2.75, 3.05) is 18.4 Å². The molecule has 0 saturated carbocycles. The summed E-state index contributed by atoms with van der Waals surface area (Å²) in [6, 6.07) is 14.7. The zero-order chi connectivity index (χ0) is 27.4. The molecule has 0 bridgehead atoms. The highest BCUT2D eigenvalue weighted by molar-refractivity contribution is 6.18. The lowest BCUT2D eigenvalue weighted by Crippen LogP contribution is -2.47. The Kier molecular flexibility index (Phi) is 7.32. The molecule has 1 aliphatic rings. The van der Waals surface area contributed by atoms with E-state index < -0.39 is 11.6 Å². The van der Waals surface area contributed by atoms with E-state index in [0.29, 0.717) is 35.7 Å². The van der Waals surface area contributed by atoms with Gasteiger partial charge in [-0.15, -0.1) is 0 Å². The third kappa shape index (κ3) is 5.33. The molecule has 1 amide bonds. The molecule has 2 N–H and O–H groups in total. The number of para-hydroxylation sites is 1. The lowest BCUT2D eigenvalue weighted by atomic mass is 10.0. The molecule has 1 fully saturated rings. The first-order valence-corrected chi connectivity index (χ1v) is 12.5. The number of hydrogen-bond donors (Lipinski definition) is 2. The lowest BCUT2D eigenvalue weighted by molar-refractivity contribution is -0.129. The lowest BCUT2D eigenvalue weighted by Gasteiger charge is -2.35. The number of aromatic amines is 1. The Morgan fingerprint density at radius 3 is 2.74 bits per heavy atom. The van der Waals surface area contributed by atoms with Crippen LogP contribution < -0.4 is 10.1 Å². The molecule has 10 heteroatoms. The largest absolute Gasteiger partial charge is 0.457 e.